The van der Waals surface area contributed by atoms with Gasteiger partial charge in [-0.15, -0.1) is 0 Å². The number of hydrogen-bond donors (Lipinski definition) is 1. The molecule has 1 nitrogen and oxygen atoms in total. The van der Waals surface area contributed by atoms with Crippen molar-refractivity contribution in [1.29, 1.82) is 0 Å². The molecule has 0 aromatic carbocycles. The van der Waals surface area contributed by atoms with E-state index < -0.39 is 0 Å². The smallest absolute Gasteiger partial charge is 0.344 e. The first-order valence-electron chi connectivity index (χ1n) is 0. The van der Waals surface area contributed by atoms with Crippen molar-refractivity contribution in [2.24, 2.45) is 0 Å². The summed E-state index contributed by atoms with van der Waals surface area (Å²) in [7, 11) is 0. The van der Waals surface area contributed by atoms with E-state index in [1.807, 2.05) is 0 Å². The van der Waals surface area contributed by atoms with Gasteiger partial charge in [0.25, 0.3) is 0 Å². The van der Waals surface area contributed by atoms with E-state index in [1.54, 1.807) is 0 Å². The second kappa shape index (κ2) is 18.1. The van der Waals surface area contributed by atoms with Crippen molar-refractivity contribution in [2.75, 3.05) is 0 Å². The predicted molar refractivity (Wildman–Crippen MR) is 27.6 cm³/mol. The molecule has 0 radical (unpaired) electrons. The molecule has 3 N–H and O–H groups in total. The Bertz CT molecular complexity index is 8.00. The summed E-state index contributed by atoms with van der Waals surface area (Å²) in [5.41, 5.74) is 0. The van der Waals surface area contributed by atoms with Gasteiger partial charge in [-0.3, -0.25) is 0 Å². The minimum atomic E-state index is 0. The van der Waals surface area contributed by atoms with Crippen LogP contribution >= 0.6 is 9.90 Å². The fraction of sp³-hybridized carbons (Fsp3) is 0. The van der Waals surface area contributed by atoms with Crippen LogP contribution in [0, 0.1) is 0 Å². The molecule has 0 fully saturated rings. The fourth-order valence-corrected chi connectivity index (χ4v) is 0. The van der Waals surface area contributed by atoms with Gasteiger partial charge in [-0.1, -0.05) is 0 Å². The zero-order valence-corrected chi connectivity index (χ0v) is 7.87. The fourth-order valence-electron chi connectivity index (χ4n) is 0. The van der Waals surface area contributed by atoms with E-state index in [9.17, 15) is 0 Å². The van der Waals surface area contributed by atoms with E-state index in [0.29, 0.717) is 0 Å². The zero-order chi connectivity index (χ0) is 0. The molecule has 0 aromatic heterocycles. The predicted octanol–water partition coefficient (Wildman–Crippen LogP) is -0.542. The zero-order valence-electron chi connectivity index (χ0n) is 2.83. The third-order valence-electron chi connectivity index (χ3n) is 0. The van der Waals surface area contributed by atoms with E-state index in [1.165, 1.54) is 0 Å². The molecule has 0 rings (SSSR count). The largest absolute Gasteiger partial charge is 2.00 e. The quantitative estimate of drug-likeness (QED) is 0.334. The standard InChI is InChI=1S/Ca.Mg.H3N.H3P/h;;2*1H3/q2*+2;;. The molecular weight excluding hydrogens is 109 g/mol. The molecular formula is H6CaMgNP+4. The van der Waals surface area contributed by atoms with Crippen LogP contribution in [0.1, 0.15) is 0 Å². The third-order valence-corrected chi connectivity index (χ3v) is 0. The van der Waals surface area contributed by atoms with Crippen molar-refractivity contribution < 1.29 is 0 Å². The Kier molecular flexibility index (Phi) is 146. The van der Waals surface area contributed by atoms with Crippen LogP contribution < -0.4 is 6.15 Å². The SMILES string of the molecule is N.P.[Ca+2].[Mg+2]. The molecule has 0 saturated heterocycles. The molecule has 0 saturated carbocycles. The van der Waals surface area contributed by atoms with Crippen molar-refractivity contribution >= 4 is 70.7 Å². The average molecular weight is 115 g/mol. The van der Waals surface area contributed by atoms with Crippen molar-refractivity contribution in [3.63, 3.8) is 0 Å². The average Bonchev–Trinajstić information content (AvgIpc) is 0. The van der Waals surface area contributed by atoms with Gasteiger partial charge in [0, 0.05) is 0 Å². The van der Waals surface area contributed by atoms with Crippen LogP contribution in [0.5, 0.6) is 0 Å². The molecule has 0 heterocycles. The summed E-state index contributed by atoms with van der Waals surface area (Å²) < 4.78 is 0. The molecule has 0 aliphatic carbocycles. The first kappa shape index (κ1) is 32.2. The summed E-state index contributed by atoms with van der Waals surface area (Å²) in [6.07, 6.45) is 0. The van der Waals surface area contributed by atoms with Crippen LogP contribution in [0.4, 0.5) is 0 Å². The second-order valence-electron chi connectivity index (χ2n) is 0. The maximum atomic E-state index is 0. The van der Waals surface area contributed by atoms with E-state index in [-0.39, 0.29) is 76.8 Å². The summed E-state index contributed by atoms with van der Waals surface area (Å²) in [5, 5.41) is 0. The van der Waals surface area contributed by atoms with Crippen molar-refractivity contribution in [2.45, 2.75) is 0 Å². The Morgan fingerprint density at radius 1 is 1.00 bits per heavy atom. The Balaban J connectivity index is 0. The maximum Gasteiger partial charge on any atom is 2.00 e. The molecule has 1 atom stereocenters. The van der Waals surface area contributed by atoms with Gasteiger partial charge < -0.3 is 6.15 Å². The third kappa shape index (κ3) is 8.83. The van der Waals surface area contributed by atoms with Gasteiger partial charge in [-0.05, 0) is 0 Å². The Morgan fingerprint density at radius 3 is 1.00 bits per heavy atom. The summed E-state index contributed by atoms with van der Waals surface area (Å²) in [4.78, 5) is 0. The van der Waals surface area contributed by atoms with Gasteiger partial charge >= 0.3 is 60.8 Å². The van der Waals surface area contributed by atoms with Crippen LogP contribution in [0.15, 0.2) is 0 Å². The maximum absolute atomic E-state index is 0. The first-order chi connectivity index (χ1) is 0. The molecule has 16 valence electrons. The van der Waals surface area contributed by atoms with E-state index in [2.05, 4.69) is 0 Å². The van der Waals surface area contributed by atoms with Crippen molar-refractivity contribution in [1.82, 2.24) is 6.15 Å². The van der Waals surface area contributed by atoms with Crippen LogP contribution in [0.3, 0.4) is 0 Å². The molecule has 0 amide bonds. The molecule has 0 aliphatic heterocycles. The van der Waals surface area contributed by atoms with Gasteiger partial charge in [0.15, 0.2) is 0 Å². The molecule has 0 bridgehead atoms. The Morgan fingerprint density at radius 2 is 1.00 bits per heavy atom. The van der Waals surface area contributed by atoms with Crippen LogP contribution in [-0.2, 0) is 0 Å². The van der Waals surface area contributed by atoms with Crippen molar-refractivity contribution in [3.8, 4) is 0 Å². The van der Waals surface area contributed by atoms with Gasteiger partial charge in [-0.25, -0.2) is 0 Å². The summed E-state index contributed by atoms with van der Waals surface area (Å²) in [6.45, 7) is 0. The minimum Gasteiger partial charge on any atom is -0.344 e. The van der Waals surface area contributed by atoms with Crippen LogP contribution in [0.25, 0.3) is 0 Å². The normalized spacial score (nSPS) is 0. The topological polar surface area (TPSA) is 35.0 Å². The number of hydrogen-bond acceptors (Lipinski definition) is 1. The monoisotopic (exact) mass is 115 g/mol. The second-order valence-corrected chi connectivity index (χ2v) is 0. The Labute approximate surface area is 75.6 Å². The molecule has 0 aliphatic rings. The van der Waals surface area contributed by atoms with Gasteiger partial charge in [0.2, 0.25) is 0 Å². The summed E-state index contributed by atoms with van der Waals surface area (Å²) in [6, 6.07) is 0. The summed E-state index contributed by atoms with van der Waals surface area (Å²) >= 11 is 0. The molecule has 4 heavy (non-hydrogen) atoms. The van der Waals surface area contributed by atoms with Crippen LogP contribution in [-0.4, -0.2) is 60.8 Å². The first-order valence-corrected chi connectivity index (χ1v) is 0. The molecule has 1 unspecified atom stereocenters. The molecule has 4 heteroatoms. The van der Waals surface area contributed by atoms with Gasteiger partial charge in [0.05, 0.1) is 0 Å². The summed E-state index contributed by atoms with van der Waals surface area (Å²) in [5.74, 6) is 0. The Hall–Kier alpha value is 2.42. The van der Waals surface area contributed by atoms with Gasteiger partial charge in [0.1, 0.15) is 0 Å². The van der Waals surface area contributed by atoms with E-state index in [0.717, 1.165) is 0 Å². The van der Waals surface area contributed by atoms with E-state index >= 15 is 0 Å². The molecule has 0 aromatic rings. The van der Waals surface area contributed by atoms with Crippen molar-refractivity contribution in [3.05, 3.63) is 0 Å². The number of rotatable bonds is 0. The minimum absolute atomic E-state index is 0. The van der Waals surface area contributed by atoms with Crippen LogP contribution in [0.2, 0.25) is 0 Å². The molecule has 0 spiro atoms. The van der Waals surface area contributed by atoms with E-state index in [4.69, 9.17) is 0 Å². The van der Waals surface area contributed by atoms with Gasteiger partial charge in [-0.2, -0.15) is 9.90 Å².